The van der Waals surface area contributed by atoms with Gasteiger partial charge >= 0.3 is 6.18 Å². The second-order valence-electron chi connectivity index (χ2n) is 8.34. The number of likely N-dealkylation sites (tertiary alicyclic amines) is 1. The molecule has 0 spiro atoms. The lowest BCUT2D eigenvalue weighted by atomic mass is 9.95. The lowest BCUT2D eigenvalue weighted by Gasteiger charge is -2.23. The third kappa shape index (κ3) is 4.06. The molecule has 0 bridgehead atoms. The second kappa shape index (κ2) is 7.31. The standard InChI is InChI=1S/C23H26F3N/c1-16(18-8-5-9-22(12-18)23(24,25)26)13-27-14-20-10-19(11-21(20)15-27)17-6-3-2-4-7-17/h2-9,12,16,19-21H,10-11,13-15H2,1H3/t16?,19-,20-,21+. The van der Waals surface area contributed by atoms with E-state index in [4.69, 9.17) is 0 Å². The molecule has 4 atom stereocenters. The predicted octanol–water partition coefficient (Wildman–Crippen LogP) is 5.93. The summed E-state index contributed by atoms with van der Waals surface area (Å²) in [4.78, 5) is 2.46. The van der Waals surface area contributed by atoms with Crippen molar-refractivity contribution in [2.75, 3.05) is 19.6 Å². The molecule has 1 saturated heterocycles. The summed E-state index contributed by atoms with van der Waals surface area (Å²) in [6, 6.07) is 16.6. The minimum absolute atomic E-state index is 0.107. The summed E-state index contributed by atoms with van der Waals surface area (Å²) in [7, 11) is 0. The Morgan fingerprint density at radius 3 is 2.26 bits per heavy atom. The zero-order valence-electron chi connectivity index (χ0n) is 15.6. The number of fused-ring (bicyclic) bond motifs is 1. The molecular weight excluding hydrogens is 347 g/mol. The first-order chi connectivity index (χ1) is 12.9. The van der Waals surface area contributed by atoms with Gasteiger partial charge in [0, 0.05) is 19.6 Å². The van der Waals surface area contributed by atoms with Gasteiger partial charge in [0.1, 0.15) is 0 Å². The molecule has 0 radical (unpaired) electrons. The maximum atomic E-state index is 13.0. The average molecular weight is 373 g/mol. The number of halogens is 3. The molecule has 2 fully saturated rings. The molecule has 4 heteroatoms. The molecule has 144 valence electrons. The van der Waals surface area contributed by atoms with Crippen molar-refractivity contribution in [3.05, 3.63) is 71.3 Å². The van der Waals surface area contributed by atoms with Crippen LogP contribution in [0.3, 0.4) is 0 Å². The quantitative estimate of drug-likeness (QED) is 0.642. The highest BCUT2D eigenvalue weighted by atomic mass is 19.4. The van der Waals surface area contributed by atoms with E-state index in [-0.39, 0.29) is 5.92 Å². The van der Waals surface area contributed by atoms with Gasteiger partial charge in [0.15, 0.2) is 0 Å². The van der Waals surface area contributed by atoms with Crippen molar-refractivity contribution in [2.45, 2.75) is 37.8 Å². The Balaban J connectivity index is 1.35. The van der Waals surface area contributed by atoms with Crippen LogP contribution in [-0.4, -0.2) is 24.5 Å². The Labute approximate surface area is 159 Å². The number of rotatable bonds is 4. The smallest absolute Gasteiger partial charge is 0.302 e. The van der Waals surface area contributed by atoms with Crippen LogP contribution in [0, 0.1) is 11.8 Å². The fraction of sp³-hybridized carbons (Fsp3) is 0.478. The van der Waals surface area contributed by atoms with Gasteiger partial charge in [-0.25, -0.2) is 0 Å². The van der Waals surface area contributed by atoms with Crippen LogP contribution in [-0.2, 0) is 6.18 Å². The SMILES string of the molecule is CC(CN1C[C@H]2C[C@@H](c3ccccc3)C[C@H]2C1)c1cccc(C(F)(F)F)c1. The molecule has 1 saturated carbocycles. The number of hydrogen-bond donors (Lipinski definition) is 0. The predicted molar refractivity (Wildman–Crippen MR) is 102 cm³/mol. The average Bonchev–Trinajstić information content (AvgIpc) is 3.20. The van der Waals surface area contributed by atoms with Crippen molar-refractivity contribution in [3.63, 3.8) is 0 Å². The van der Waals surface area contributed by atoms with Crippen LogP contribution >= 0.6 is 0 Å². The maximum Gasteiger partial charge on any atom is 0.416 e. The van der Waals surface area contributed by atoms with E-state index in [9.17, 15) is 13.2 Å². The van der Waals surface area contributed by atoms with Gasteiger partial charge in [-0.1, -0.05) is 55.5 Å². The molecule has 27 heavy (non-hydrogen) atoms. The highest BCUT2D eigenvalue weighted by molar-refractivity contribution is 5.28. The van der Waals surface area contributed by atoms with Gasteiger partial charge in [-0.2, -0.15) is 13.2 Å². The van der Waals surface area contributed by atoms with E-state index in [1.807, 2.05) is 13.0 Å². The van der Waals surface area contributed by atoms with Crippen molar-refractivity contribution in [2.24, 2.45) is 11.8 Å². The van der Waals surface area contributed by atoms with Crippen LogP contribution in [0.4, 0.5) is 13.2 Å². The highest BCUT2D eigenvalue weighted by Gasteiger charge is 2.41. The van der Waals surface area contributed by atoms with E-state index in [1.165, 1.54) is 30.5 Å². The topological polar surface area (TPSA) is 3.24 Å². The van der Waals surface area contributed by atoms with E-state index < -0.39 is 11.7 Å². The van der Waals surface area contributed by atoms with Gasteiger partial charge in [-0.15, -0.1) is 0 Å². The summed E-state index contributed by atoms with van der Waals surface area (Å²) in [5.41, 5.74) is 1.69. The maximum absolute atomic E-state index is 13.0. The van der Waals surface area contributed by atoms with Crippen LogP contribution in [0.2, 0.25) is 0 Å². The van der Waals surface area contributed by atoms with E-state index in [0.29, 0.717) is 5.92 Å². The molecule has 4 rings (SSSR count). The van der Waals surface area contributed by atoms with Crippen LogP contribution in [0.15, 0.2) is 54.6 Å². The third-order valence-corrected chi connectivity index (χ3v) is 6.41. The van der Waals surface area contributed by atoms with Crippen LogP contribution < -0.4 is 0 Å². The Hall–Kier alpha value is -1.81. The molecule has 0 aromatic heterocycles. The fourth-order valence-corrected chi connectivity index (χ4v) is 5.06. The van der Waals surface area contributed by atoms with Crippen molar-refractivity contribution >= 4 is 0 Å². The first-order valence-corrected chi connectivity index (χ1v) is 9.84. The molecule has 1 aliphatic heterocycles. The van der Waals surface area contributed by atoms with E-state index in [0.717, 1.165) is 43.1 Å². The molecule has 0 N–H and O–H groups in total. The molecule has 1 unspecified atom stereocenters. The number of nitrogens with zero attached hydrogens (tertiary/aromatic N) is 1. The van der Waals surface area contributed by atoms with Gasteiger partial charge in [-0.05, 0) is 53.7 Å². The summed E-state index contributed by atoms with van der Waals surface area (Å²) in [6.45, 7) is 5.04. The van der Waals surface area contributed by atoms with Crippen molar-refractivity contribution < 1.29 is 13.2 Å². The first-order valence-electron chi connectivity index (χ1n) is 9.84. The zero-order valence-corrected chi connectivity index (χ0v) is 15.6. The minimum Gasteiger partial charge on any atom is -0.302 e. The molecule has 1 heterocycles. The van der Waals surface area contributed by atoms with Crippen molar-refractivity contribution in [3.8, 4) is 0 Å². The van der Waals surface area contributed by atoms with Crippen LogP contribution in [0.25, 0.3) is 0 Å². The van der Waals surface area contributed by atoms with E-state index in [2.05, 4.69) is 35.2 Å². The van der Waals surface area contributed by atoms with Gasteiger partial charge in [0.25, 0.3) is 0 Å². The number of benzene rings is 2. The van der Waals surface area contributed by atoms with Crippen molar-refractivity contribution in [1.29, 1.82) is 0 Å². The lowest BCUT2D eigenvalue weighted by molar-refractivity contribution is -0.137. The minimum atomic E-state index is -4.27. The molecule has 2 aromatic carbocycles. The summed E-state index contributed by atoms with van der Waals surface area (Å²) in [6.07, 6.45) is -1.79. The number of hydrogen-bond acceptors (Lipinski definition) is 1. The Bertz CT molecular complexity index is 757. The molecule has 2 aromatic rings. The monoisotopic (exact) mass is 373 g/mol. The van der Waals surface area contributed by atoms with E-state index in [1.54, 1.807) is 0 Å². The van der Waals surface area contributed by atoms with Gasteiger partial charge in [0.05, 0.1) is 5.56 Å². The van der Waals surface area contributed by atoms with Crippen LogP contribution in [0.1, 0.15) is 48.3 Å². The molecule has 2 aliphatic rings. The summed E-state index contributed by atoms with van der Waals surface area (Å²) in [5.74, 6) is 2.23. The third-order valence-electron chi connectivity index (χ3n) is 6.41. The normalized spacial score (nSPS) is 26.9. The number of alkyl halides is 3. The summed E-state index contributed by atoms with van der Waals surface area (Å²) >= 11 is 0. The molecule has 1 nitrogen and oxygen atoms in total. The summed E-state index contributed by atoms with van der Waals surface area (Å²) < 4.78 is 38.9. The Morgan fingerprint density at radius 2 is 1.63 bits per heavy atom. The molecule has 0 amide bonds. The van der Waals surface area contributed by atoms with Gasteiger partial charge in [-0.3, -0.25) is 0 Å². The van der Waals surface area contributed by atoms with Gasteiger partial charge < -0.3 is 4.90 Å². The highest BCUT2D eigenvalue weighted by Crippen LogP contribution is 2.46. The summed E-state index contributed by atoms with van der Waals surface area (Å²) in [5, 5.41) is 0. The zero-order chi connectivity index (χ0) is 19.0. The van der Waals surface area contributed by atoms with Crippen molar-refractivity contribution in [1.82, 2.24) is 4.90 Å². The largest absolute Gasteiger partial charge is 0.416 e. The fourth-order valence-electron chi connectivity index (χ4n) is 5.06. The van der Waals surface area contributed by atoms with Crippen LogP contribution in [0.5, 0.6) is 0 Å². The Morgan fingerprint density at radius 1 is 0.963 bits per heavy atom. The van der Waals surface area contributed by atoms with Gasteiger partial charge in [0.2, 0.25) is 0 Å². The first kappa shape index (κ1) is 18.5. The molecular formula is C23H26F3N. The Kier molecular flexibility index (Phi) is 5.02. The lowest BCUT2D eigenvalue weighted by Crippen LogP contribution is -2.27. The van der Waals surface area contributed by atoms with E-state index >= 15 is 0 Å². The molecule has 1 aliphatic carbocycles. The second-order valence-corrected chi connectivity index (χ2v) is 8.34.